The highest BCUT2D eigenvalue weighted by molar-refractivity contribution is 5.90. The minimum atomic E-state index is -1.16. The number of rotatable bonds is 5. The van der Waals surface area contributed by atoms with Crippen LogP contribution in [0.5, 0.6) is 0 Å². The van der Waals surface area contributed by atoms with Crippen molar-refractivity contribution in [2.24, 2.45) is 0 Å². The molecule has 0 atom stereocenters. The molecule has 0 saturated carbocycles. The van der Waals surface area contributed by atoms with E-state index >= 15 is 0 Å². The van der Waals surface area contributed by atoms with Crippen LogP contribution < -0.4 is 5.32 Å². The number of aromatic nitrogens is 1. The van der Waals surface area contributed by atoms with Crippen molar-refractivity contribution in [2.75, 3.05) is 5.32 Å². The molecule has 2 N–H and O–H groups in total. The van der Waals surface area contributed by atoms with E-state index in [0.717, 1.165) is 11.8 Å². The van der Waals surface area contributed by atoms with Crippen LogP contribution in [0.3, 0.4) is 0 Å². The van der Waals surface area contributed by atoms with Crippen LogP contribution in [-0.2, 0) is 6.54 Å². The number of hydrogen-bond acceptors (Lipinski definition) is 6. The topological polar surface area (TPSA) is 119 Å². The van der Waals surface area contributed by atoms with Crippen molar-refractivity contribution >= 4 is 17.3 Å². The van der Waals surface area contributed by atoms with Crippen LogP contribution in [0.1, 0.15) is 27.7 Å². The monoisotopic (exact) mass is 291 g/mol. The zero-order valence-corrected chi connectivity index (χ0v) is 11.4. The molecule has 2 rings (SSSR count). The Kier molecular flexibility index (Phi) is 3.88. The highest BCUT2D eigenvalue weighted by Crippen LogP contribution is 2.26. The van der Waals surface area contributed by atoms with E-state index in [0.29, 0.717) is 11.7 Å². The largest absolute Gasteiger partial charge is 0.478 e. The molecule has 0 radical (unpaired) electrons. The van der Waals surface area contributed by atoms with Crippen LogP contribution in [0.4, 0.5) is 11.4 Å². The average Bonchev–Trinajstić information content (AvgIpc) is 2.75. The Morgan fingerprint density at radius 1 is 1.48 bits per heavy atom. The number of carbonyl (C=O) groups is 1. The molecule has 0 aliphatic rings. The predicted molar refractivity (Wildman–Crippen MR) is 73.4 cm³/mol. The van der Waals surface area contributed by atoms with E-state index in [9.17, 15) is 14.9 Å². The Hall–Kier alpha value is -2.90. The number of carboxylic acid groups (broad SMARTS) is 1. The first-order chi connectivity index (χ1) is 9.88. The van der Waals surface area contributed by atoms with E-state index in [1.165, 1.54) is 12.1 Å². The van der Waals surface area contributed by atoms with E-state index < -0.39 is 10.9 Å². The lowest BCUT2D eigenvalue weighted by Gasteiger charge is -2.06. The predicted octanol–water partition coefficient (Wildman–Crippen LogP) is 2.51. The van der Waals surface area contributed by atoms with E-state index in [1.807, 2.05) is 0 Å². The molecule has 21 heavy (non-hydrogen) atoms. The minimum Gasteiger partial charge on any atom is -0.478 e. The number of carboxylic acids is 1. The number of nitro benzene ring substituents is 1. The first-order valence-electron chi connectivity index (χ1n) is 6.07. The van der Waals surface area contributed by atoms with Crippen molar-refractivity contribution in [2.45, 2.75) is 20.4 Å². The molecule has 8 heteroatoms. The average molecular weight is 291 g/mol. The highest BCUT2D eigenvalue weighted by atomic mass is 16.6. The van der Waals surface area contributed by atoms with Gasteiger partial charge in [-0.1, -0.05) is 0 Å². The van der Waals surface area contributed by atoms with E-state index in [4.69, 9.17) is 9.52 Å². The summed E-state index contributed by atoms with van der Waals surface area (Å²) >= 11 is 0. The molecular formula is C13H13N3O5. The van der Waals surface area contributed by atoms with Gasteiger partial charge in [-0.05, 0) is 26.0 Å². The maximum absolute atomic E-state index is 11.0. The second kappa shape index (κ2) is 5.61. The first-order valence-corrected chi connectivity index (χ1v) is 6.07. The molecule has 0 bridgehead atoms. The van der Waals surface area contributed by atoms with Gasteiger partial charge in [0, 0.05) is 6.07 Å². The summed E-state index contributed by atoms with van der Waals surface area (Å²) in [5.41, 5.74) is 0.594. The van der Waals surface area contributed by atoms with E-state index in [2.05, 4.69) is 10.3 Å². The molecule has 0 aliphatic heterocycles. The molecule has 0 fully saturated rings. The molecule has 2 aromatic rings. The third-order valence-corrected chi connectivity index (χ3v) is 2.94. The lowest BCUT2D eigenvalue weighted by Crippen LogP contribution is -2.05. The van der Waals surface area contributed by atoms with Crippen LogP contribution in [0, 0.1) is 24.0 Å². The van der Waals surface area contributed by atoms with Gasteiger partial charge in [0.05, 0.1) is 22.7 Å². The van der Waals surface area contributed by atoms with Crippen LogP contribution in [-0.4, -0.2) is 21.0 Å². The molecule has 0 amide bonds. The summed E-state index contributed by atoms with van der Waals surface area (Å²) in [6, 6.07) is 3.55. The van der Waals surface area contributed by atoms with Gasteiger partial charge in [-0.2, -0.15) is 0 Å². The number of aryl methyl sites for hydroxylation is 2. The quantitative estimate of drug-likeness (QED) is 0.641. The molecule has 1 heterocycles. The zero-order chi connectivity index (χ0) is 15.6. The molecule has 8 nitrogen and oxygen atoms in total. The number of nitrogens with one attached hydrogen (secondary N) is 1. The number of aromatic carboxylic acids is 1. The third-order valence-electron chi connectivity index (χ3n) is 2.94. The fourth-order valence-corrected chi connectivity index (χ4v) is 1.76. The van der Waals surface area contributed by atoms with Gasteiger partial charge >= 0.3 is 5.97 Å². The summed E-state index contributed by atoms with van der Waals surface area (Å²) in [6.07, 6.45) is 0. The second-order valence-electron chi connectivity index (χ2n) is 4.40. The summed E-state index contributed by atoms with van der Waals surface area (Å²) in [7, 11) is 0. The molecule has 110 valence electrons. The molecular weight excluding hydrogens is 278 g/mol. The standard InChI is InChI=1S/C13H13N3O5/c1-7-8(2)21-12(15-7)6-14-10-5-9(13(17)18)3-4-11(10)16(19)20/h3-5,14H,6H2,1-2H3,(H,17,18). The summed E-state index contributed by atoms with van der Waals surface area (Å²) in [5.74, 6) is -0.114. The molecule has 1 aromatic heterocycles. The van der Waals surface area contributed by atoms with Gasteiger partial charge in [0.2, 0.25) is 5.89 Å². The Balaban J connectivity index is 2.26. The van der Waals surface area contributed by atoms with Crippen molar-refractivity contribution in [3.05, 3.63) is 51.2 Å². The van der Waals surface area contributed by atoms with Gasteiger partial charge in [-0.25, -0.2) is 9.78 Å². The molecule has 0 spiro atoms. The normalized spacial score (nSPS) is 10.4. The summed E-state index contributed by atoms with van der Waals surface area (Å²) in [5, 5.41) is 22.7. The lowest BCUT2D eigenvalue weighted by atomic mass is 10.1. The Bertz CT molecular complexity index is 688. The van der Waals surface area contributed by atoms with Crippen molar-refractivity contribution in [3.8, 4) is 0 Å². The maximum Gasteiger partial charge on any atom is 0.335 e. The smallest absolute Gasteiger partial charge is 0.335 e. The Morgan fingerprint density at radius 2 is 2.19 bits per heavy atom. The number of hydrogen-bond donors (Lipinski definition) is 2. The Labute approximate surface area is 119 Å². The van der Waals surface area contributed by atoms with Gasteiger partial charge in [-0.15, -0.1) is 0 Å². The number of oxazole rings is 1. The van der Waals surface area contributed by atoms with Crippen molar-refractivity contribution in [3.63, 3.8) is 0 Å². The van der Waals surface area contributed by atoms with Gasteiger partial charge in [-0.3, -0.25) is 10.1 Å². The van der Waals surface area contributed by atoms with Crippen LogP contribution in [0.25, 0.3) is 0 Å². The van der Waals surface area contributed by atoms with Crippen molar-refractivity contribution < 1.29 is 19.2 Å². The van der Waals surface area contributed by atoms with Gasteiger partial charge in [0.1, 0.15) is 11.4 Å². The highest BCUT2D eigenvalue weighted by Gasteiger charge is 2.17. The number of nitrogens with zero attached hydrogens (tertiary/aromatic N) is 2. The number of benzene rings is 1. The van der Waals surface area contributed by atoms with E-state index in [-0.39, 0.29) is 23.5 Å². The second-order valence-corrected chi connectivity index (χ2v) is 4.40. The van der Waals surface area contributed by atoms with Crippen molar-refractivity contribution in [1.82, 2.24) is 4.98 Å². The summed E-state index contributed by atoms with van der Waals surface area (Å²) < 4.78 is 5.35. The van der Waals surface area contributed by atoms with Crippen molar-refractivity contribution in [1.29, 1.82) is 0 Å². The first kappa shape index (κ1) is 14.5. The SMILES string of the molecule is Cc1nc(CNc2cc(C(=O)O)ccc2[N+](=O)[O-])oc1C. The molecule has 0 aliphatic carbocycles. The van der Waals surface area contributed by atoms with Gasteiger partial charge in [0.15, 0.2) is 0 Å². The van der Waals surface area contributed by atoms with Crippen LogP contribution in [0.15, 0.2) is 22.6 Å². The number of nitro groups is 1. The molecule has 0 unspecified atom stereocenters. The maximum atomic E-state index is 11.0. The van der Waals surface area contributed by atoms with Crippen LogP contribution >= 0.6 is 0 Å². The van der Waals surface area contributed by atoms with E-state index in [1.54, 1.807) is 13.8 Å². The summed E-state index contributed by atoms with van der Waals surface area (Å²) in [6.45, 7) is 3.67. The fourth-order valence-electron chi connectivity index (χ4n) is 1.76. The molecule has 1 aromatic carbocycles. The zero-order valence-electron chi connectivity index (χ0n) is 11.4. The minimum absolute atomic E-state index is 0.0390. The summed E-state index contributed by atoms with van der Waals surface area (Å²) in [4.78, 5) is 25.4. The van der Waals surface area contributed by atoms with Gasteiger partial charge in [0.25, 0.3) is 5.69 Å². The third kappa shape index (κ3) is 3.16. The molecule has 0 saturated heterocycles. The van der Waals surface area contributed by atoms with Crippen LogP contribution in [0.2, 0.25) is 0 Å². The number of anilines is 1. The Morgan fingerprint density at radius 3 is 2.71 bits per heavy atom. The lowest BCUT2D eigenvalue weighted by molar-refractivity contribution is -0.384. The fraction of sp³-hybridized carbons (Fsp3) is 0.231. The van der Waals surface area contributed by atoms with Gasteiger partial charge < -0.3 is 14.8 Å².